The molecular formula is C14H19NOS. The van der Waals surface area contributed by atoms with Gasteiger partial charge < -0.3 is 5.32 Å². The topological polar surface area (TPSA) is 29.1 Å². The number of rotatable bonds is 6. The van der Waals surface area contributed by atoms with Gasteiger partial charge in [-0.1, -0.05) is 29.8 Å². The van der Waals surface area contributed by atoms with E-state index in [1.165, 1.54) is 11.1 Å². The van der Waals surface area contributed by atoms with Crippen molar-refractivity contribution in [3.8, 4) is 0 Å². The third kappa shape index (κ3) is 4.43. The second-order valence-electron chi connectivity index (χ2n) is 4.60. The predicted octanol–water partition coefficient (Wildman–Crippen LogP) is 2.75. The summed E-state index contributed by atoms with van der Waals surface area (Å²) in [6.07, 6.45) is 2.17. The van der Waals surface area contributed by atoms with Crippen LogP contribution < -0.4 is 5.32 Å². The van der Waals surface area contributed by atoms with E-state index in [9.17, 15) is 4.79 Å². The van der Waals surface area contributed by atoms with Crippen LogP contribution in [0.1, 0.15) is 24.0 Å². The SMILES string of the molecule is Cc1ccc(CSCCNC(=O)C2CC2)cc1. The third-order valence-corrected chi connectivity index (χ3v) is 3.91. The number of benzene rings is 1. The number of carbonyl (C=O) groups is 1. The number of amides is 1. The van der Waals surface area contributed by atoms with Crippen LogP contribution in [0.15, 0.2) is 24.3 Å². The summed E-state index contributed by atoms with van der Waals surface area (Å²) in [6, 6.07) is 8.63. The standard InChI is InChI=1S/C14H19NOS/c1-11-2-4-12(5-3-11)10-17-9-8-15-14(16)13-6-7-13/h2-5,13H,6-10H2,1H3,(H,15,16). The van der Waals surface area contributed by atoms with Crippen LogP contribution in [-0.4, -0.2) is 18.2 Å². The lowest BCUT2D eigenvalue weighted by atomic mass is 10.2. The van der Waals surface area contributed by atoms with Crippen LogP contribution in [0.3, 0.4) is 0 Å². The molecule has 0 saturated heterocycles. The van der Waals surface area contributed by atoms with E-state index in [-0.39, 0.29) is 5.91 Å². The monoisotopic (exact) mass is 249 g/mol. The highest BCUT2D eigenvalue weighted by Crippen LogP contribution is 2.28. The Labute approximate surface area is 107 Å². The largest absolute Gasteiger partial charge is 0.355 e. The summed E-state index contributed by atoms with van der Waals surface area (Å²) in [4.78, 5) is 11.4. The maximum Gasteiger partial charge on any atom is 0.223 e. The van der Waals surface area contributed by atoms with Gasteiger partial charge >= 0.3 is 0 Å². The summed E-state index contributed by atoms with van der Waals surface area (Å²) in [5.74, 6) is 2.60. The fraction of sp³-hybridized carbons (Fsp3) is 0.500. The summed E-state index contributed by atoms with van der Waals surface area (Å²) in [5.41, 5.74) is 2.66. The molecule has 1 aromatic rings. The van der Waals surface area contributed by atoms with Crippen LogP contribution in [0.5, 0.6) is 0 Å². The van der Waals surface area contributed by atoms with Gasteiger partial charge in [-0.05, 0) is 25.3 Å². The number of nitrogens with one attached hydrogen (secondary N) is 1. The van der Waals surface area contributed by atoms with Crippen molar-refractivity contribution in [1.82, 2.24) is 5.32 Å². The van der Waals surface area contributed by atoms with E-state index in [0.29, 0.717) is 5.92 Å². The Morgan fingerprint density at radius 1 is 1.35 bits per heavy atom. The maximum atomic E-state index is 11.4. The lowest BCUT2D eigenvalue weighted by Gasteiger charge is -2.04. The van der Waals surface area contributed by atoms with Crippen LogP contribution in [0.4, 0.5) is 0 Å². The number of aryl methyl sites for hydroxylation is 1. The number of hydrogen-bond donors (Lipinski definition) is 1. The highest BCUT2D eigenvalue weighted by Gasteiger charge is 2.28. The summed E-state index contributed by atoms with van der Waals surface area (Å²) in [5, 5.41) is 2.98. The van der Waals surface area contributed by atoms with Crippen molar-refractivity contribution in [3.63, 3.8) is 0 Å². The smallest absolute Gasteiger partial charge is 0.223 e. The molecule has 1 saturated carbocycles. The van der Waals surface area contributed by atoms with E-state index in [2.05, 4.69) is 36.5 Å². The molecule has 0 radical (unpaired) electrons. The molecule has 1 aliphatic carbocycles. The van der Waals surface area contributed by atoms with Crippen LogP contribution in [0.25, 0.3) is 0 Å². The van der Waals surface area contributed by atoms with E-state index < -0.39 is 0 Å². The molecule has 2 nitrogen and oxygen atoms in total. The molecule has 0 aromatic heterocycles. The number of hydrogen-bond acceptors (Lipinski definition) is 2. The van der Waals surface area contributed by atoms with Crippen molar-refractivity contribution in [3.05, 3.63) is 35.4 Å². The van der Waals surface area contributed by atoms with E-state index in [0.717, 1.165) is 30.9 Å². The van der Waals surface area contributed by atoms with E-state index >= 15 is 0 Å². The molecule has 3 heteroatoms. The zero-order valence-corrected chi connectivity index (χ0v) is 11.1. The highest BCUT2D eigenvalue weighted by molar-refractivity contribution is 7.98. The molecule has 0 bridgehead atoms. The second-order valence-corrected chi connectivity index (χ2v) is 5.71. The lowest BCUT2D eigenvalue weighted by molar-refractivity contribution is -0.122. The van der Waals surface area contributed by atoms with Gasteiger partial charge in [-0.25, -0.2) is 0 Å². The minimum atomic E-state index is 0.251. The molecule has 1 N–H and O–H groups in total. The minimum absolute atomic E-state index is 0.251. The van der Waals surface area contributed by atoms with Crippen LogP contribution in [0.2, 0.25) is 0 Å². The summed E-state index contributed by atoms with van der Waals surface area (Å²) in [7, 11) is 0. The third-order valence-electron chi connectivity index (χ3n) is 2.88. The first-order valence-electron chi connectivity index (χ1n) is 6.17. The Morgan fingerprint density at radius 3 is 2.71 bits per heavy atom. The zero-order valence-electron chi connectivity index (χ0n) is 10.2. The predicted molar refractivity (Wildman–Crippen MR) is 73.1 cm³/mol. The first kappa shape index (κ1) is 12.5. The van der Waals surface area contributed by atoms with Gasteiger partial charge in [-0.2, -0.15) is 11.8 Å². The van der Waals surface area contributed by atoms with Gasteiger partial charge in [-0.3, -0.25) is 4.79 Å². The van der Waals surface area contributed by atoms with Crippen molar-refractivity contribution in [1.29, 1.82) is 0 Å². The molecule has 1 aromatic carbocycles. The Hall–Kier alpha value is -0.960. The summed E-state index contributed by atoms with van der Waals surface area (Å²) in [6.45, 7) is 2.90. The molecule has 0 aliphatic heterocycles. The average molecular weight is 249 g/mol. The van der Waals surface area contributed by atoms with Gasteiger partial charge in [0.05, 0.1) is 0 Å². The normalized spacial score (nSPS) is 14.6. The first-order chi connectivity index (χ1) is 8.25. The van der Waals surface area contributed by atoms with Crippen LogP contribution in [-0.2, 0) is 10.5 Å². The molecule has 17 heavy (non-hydrogen) atoms. The highest BCUT2D eigenvalue weighted by atomic mass is 32.2. The fourth-order valence-corrected chi connectivity index (χ4v) is 2.43. The van der Waals surface area contributed by atoms with Crippen molar-refractivity contribution in [2.45, 2.75) is 25.5 Å². The van der Waals surface area contributed by atoms with Gasteiger partial charge in [0.25, 0.3) is 0 Å². The van der Waals surface area contributed by atoms with E-state index in [1.54, 1.807) is 0 Å². The Bertz CT molecular complexity index is 370. The number of thioether (sulfide) groups is 1. The molecular weight excluding hydrogens is 230 g/mol. The van der Waals surface area contributed by atoms with Gasteiger partial charge in [0.1, 0.15) is 0 Å². The van der Waals surface area contributed by atoms with Crippen molar-refractivity contribution in [2.24, 2.45) is 5.92 Å². The van der Waals surface area contributed by atoms with Crippen molar-refractivity contribution >= 4 is 17.7 Å². The maximum absolute atomic E-state index is 11.4. The lowest BCUT2D eigenvalue weighted by Crippen LogP contribution is -2.26. The first-order valence-corrected chi connectivity index (χ1v) is 7.32. The van der Waals surface area contributed by atoms with E-state index in [1.807, 2.05) is 11.8 Å². The van der Waals surface area contributed by atoms with Crippen molar-refractivity contribution in [2.75, 3.05) is 12.3 Å². The molecule has 0 heterocycles. The minimum Gasteiger partial charge on any atom is -0.355 e. The second kappa shape index (κ2) is 6.10. The van der Waals surface area contributed by atoms with Crippen LogP contribution in [0, 0.1) is 12.8 Å². The Balaban J connectivity index is 1.56. The molecule has 1 amide bonds. The summed E-state index contributed by atoms with van der Waals surface area (Å²) < 4.78 is 0. The van der Waals surface area contributed by atoms with E-state index in [4.69, 9.17) is 0 Å². The van der Waals surface area contributed by atoms with Gasteiger partial charge in [0, 0.05) is 24.0 Å². The molecule has 1 aliphatic rings. The fourth-order valence-electron chi connectivity index (χ4n) is 1.61. The van der Waals surface area contributed by atoms with Gasteiger partial charge in [-0.15, -0.1) is 0 Å². The molecule has 0 spiro atoms. The molecule has 1 fully saturated rings. The molecule has 92 valence electrons. The van der Waals surface area contributed by atoms with Crippen molar-refractivity contribution < 1.29 is 4.79 Å². The average Bonchev–Trinajstić information content (AvgIpc) is 3.15. The Morgan fingerprint density at radius 2 is 2.06 bits per heavy atom. The zero-order chi connectivity index (χ0) is 12.1. The molecule has 0 unspecified atom stereocenters. The van der Waals surface area contributed by atoms with Gasteiger partial charge in [0.15, 0.2) is 0 Å². The van der Waals surface area contributed by atoms with Crippen LogP contribution >= 0.6 is 11.8 Å². The Kier molecular flexibility index (Phi) is 4.49. The quantitative estimate of drug-likeness (QED) is 0.785. The number of carbonyl (C=O) groups excluding carboxylic acids is 1. The molecule has 0 atom stereocenters. The van der Waals surface area contributed by atoms with Gasteiger partial charge in [0.2, 0.25) is 5.91 Å². The molecule has 2 rings (SSSR count). The summed E-state index contributed by atoms with van der Waals surface area (Å²) >= 11 is 1.87.